The Kier molecular flexibility index (Phi) is 6.59. The highest BCUT2D eigenvalue weighted by atomic mass is 35.5. The van der Waals surface area contributed by atoms with Crippen molar-refractivity contribution in [1.82, 2.24) is 4.90 Å². The molecule has 2 heterocycles. The monoisotopic (exact) mass is 510 g/mol. The second kappa shape index (κ2) is 9.42. The summed E-state index contributed by atoms with van der Waals surface area (Å²) in [5, 5.41) is 0.0537. The molecule has 0 aliphatic carbocycles. The second-order valence-corrected chi connectivity index (χ2v) is 8.66. The molecule has 2 aromatic rings. The third kappa shape index (κ3) is 4.82. The van der Waals surface area contributed by atoms with E-state index < -0.39 is 17.1 Å². The van der Waals surface area contributed by atoms with Gasteiger partial charge in [0.2, 0.25) is 6.79 Å². The van der Waals surface area contributed by atoms with Gasteiger partial charge >= 0.3 is 0 Å². The Balaban J connectivity index is 1.57. The molecule has 0 spiro atoms. The van der Waals surface area contributed by atoms with Crippen LogP contribution in [0.25, 0.3) is 6.08 Å². The van der Waals surface area contributed by atoms with Gasteiger partial charge in [-0.1, -0.05) is 23.2 Å². The minimum absolute atomic E-state index is 0.0263. The molecule has 9 nitrogen and oxygen atoms in total. The van der Waals surface area contributed by atoms with Gasteiger partial charge in [0, 0.05) is 11.1 Å². The predicted molar refractivity (Wildman–Crippen MR) is 122 cm³/mol. The second-order valence-electron chi connectivity index (χ2n) is 6.85. The van der Waals surface area contributed by atoms with Crippen molar-refractivity contribution in [2.24, 2.45) is 5.73 Å². The molecule has 4 rings (SSSR count). The molecule has 1 fully saturated rings. The molecule has 2 N–H and O–H groups in total. The molecule has 0 saturated carbocycles. The maximum Gasteiger partial charge on any atom is 0.293 e. The lowest BCUT2D eigenvalue weighted by Gasteiger charge is -2.14. The van der Waals surface area contributed by atoms with E-state index in [1.54, 1.807) is 18.2 Å². The molecule has 2 aliphatic heterocycles. The molecule has 12 heteroatoms. The first-order chi connectivity index (χ1) is 15.8. The van der Waals surface area contributed by atoms with E-state index >= 15 is 0 Å². The standard InChI is InChI=1S/C21H16Cl2N2O7S/c1-29-16-3-10(2-13(23)19(16)30-8-18(24)26)4-17-20(27)25(21(28)33-17)7-11-5-14-15(6-12(11)22)32-9-31-14/h2-6H,7-9H2,1H3,(H2,24,26)/b17-4-. The number of hydrogen-bond donors (Lipinski definition) is 1. The summed E-state index contributed by atoms with van der Waals surface area (Å²) in [5.74, 6) is 0.225. The first kappa shape index (κ1) is 23.1. The number of thioether (sulfide) groups is 1. The zero-order chi connectivity index (χ0) is 23.7. The number of imide groups is 1. The van der Waals surface area contributed by atoms with E-state index in [1.165, 1.54) is 19.3 Å². The van der Waals surface area contributed by atoms with Gasteiger partial charge in [0.05, 0.1) is 23.6 Å². The quantitative estimate of drug-likeness (QED) is 0.558. The molecule has 0 bridgehead atoms. The summed E-state index contributed by atoms with van der Waals surface area (Å²) < 4.78 is 21.2. The zero-order valence-electron chi connectivity index (χ0n) is 17.1. The Morgan fingerprint density at radius 1 is 1.18 bits per heavy atom. The maximum absolute atomic E-state index is 12.9. The number of amides is 3. The summed E-state index contributed by atoms with van der Waals surface area (Å²) >= 11 is 13.3. The first-order valence-electron chi connectivity index (χ1n) is 9.39. The van der Waals surface area contributed by atoms with Crippen LogP contribution in [0.1, 0.15) is 11.1 Å². The predicted octanol–water partition coefficient (Wildman–Crippen LogP) is 3.83. The number of benzene rings is 2. The van der Waals surface area contributed by atoms with Crippen molar-refractivity contribution in [2.75, 3.05) is 20.5 Å². The van der Waals surface area contributed by atoms with Crippen LogP contribution in [-0.2, 0) is 16.1 Å². The van der Waals surface area contributed by atoms with Crippen LogP contribution in [0, 0.1) is 0 Å². The number of primary amides is 1. The van der Waals surface area contributed by atoms with Gasteiger partial charge < -0.3 is 24.7 Å². The Hall–Kier alpha value is -3.08. The zero-order valence-corrected chi connectivity index (χ0v) is 19.4. The molecular formula is C21H16Cl2N2O7S. The molecule has 172 valence electrons. The fourth-order valence-corrected chi connectivity index (χ4v) is 4.47. The van der Waals surface area contributed by atoms with E-state index in [0.717, 1.165) is 16.7 Å². The smallest absolute Gasteiger partial charge is 0.293 e. The third-order valence-corrected chi connectivity index (χ3v) is 6.19. The molecule has 33 heavy (non-hydrogen) atoms. The van der Waals surface area contributed by atoms with E-state index in [2.05, 4.69) is 0 Å². The molecule has 1 saturated heterocycles. The molecule has 0 radical (unpaired) electrons. The number of nitrogens with two attached hydrogens (primary N) is 1. The van der Waals surface area contributed by atoms with E-state index in [0.29, 0.717) is 27.6 Å². The molecule has 0 unspecified atom stereocenters. The van der Waals surface area contributed by atoms with Gasteiger partial charge in [-0.05, 0) is 47.2 Å². The van der Waals surface area contributed by atoms with Crippen LogP contribution in [0.15, 0.2) is 29.2 Å². The molecule has 2 aromatic carbocycles. The van der Waals surface area contributed by atoms with Crippen LogP contribution in [0.3, 0.4) is 0 Å². The van der Waals surface area contributed by atoms with Crippen molar-refractivity contribution in [2.45, 2.75) is 6.54 Å². The number of rotatable bonds is 7. The molecule has 2 aliphatic rings. The highest BCUT2D eigenvalue weighted by molar-refractivity contribution is 8.18. The Labute approximate surface area is 202 Å². The van der Waals surface area contributed by atoms with E-state index in [-0.39, 0.29) is 41.4 Å². The summed E-state index contributed by atoms with van der Waals surface area (Å²) in [4.78, 5) is 37.7. The van der Waals surface area contributed by atoms with Crippen molar-refractivity contribution < 1.29 is 33.3 Å². The minimum atomic E-state index is -0.673. The fourth-order valence-electron chi connectivity index (χ4n) is 3.14. The average Bonchev–Trinajstić information content (AvgIpc) is 3.31. The van der Waals surface area contributed by atoms with Crippen LogP contribution < -0.4 is 24.7 Å². The summed E-state index contributed by atoms with van der Waals surface area (Å²) in [6.45, 7) is -0.323. The van der Waals surface area contributed by atoms with Gasteiger partial charge in [0.1, 0.15) is 0 Å². The maximum atomic E-state index is 12.9. The average molecular weight is 511 g/mol. The molecule has 0 aromatic heterocycles. The molecular weight excluding hydrogens is 495 g/mol. The number of methoxy groups -OCH3 is 1. The molecule has 0 atom stereocenters. The van der Waals surface area contributed by atoms with Crippen molar-refractivity contribution in [1.29, 1.82) is 0 Å². The Morgan fingerprint density at radius 3 is 2.61 bits per heavy atom. The van der Waals surface area contributed by atoms with Gasteiger partial charge in [0.25, 0.3) is 17.1 Å². The van der Waals surface area contributed by atoms with Gasteiger partial charge in [-0.25, -0.2) is 0 Å². The summed E-state index contributed by atoms with van der Waals surface area (Å²) in [7, 11) is 1.40. The van der Waals surface area contributed by atoms with E-state index in [9.17, 15) is 14.4 Å². The summed E-state index contributed by atoms with van der Waals surface area (Å²) in [6, 6.07) is 6.31. The van der Waals surface area contributed by atoms with Gasteiger partial charge in [-0.2, -0.15) is 0 Å². The number of carbonyl (C=O) groups excluding carboxylic acids is 3. The van der Waals surface area contributed by atoms with Gasteiger partial charge in [-0.3, -0.25) is 19.3 Å². The Bertz CT molecular complexity index is 1200. The van der Waals surface area contributed by atoms with E-state index in [4.69, 9.17) is 47.9 Å². The van der Waals surface area contributed by atoms with Crippen LogP contribution >= 0.6 is 35.0 Å². The third-order valence-electron chi connectivity index (χ3n) is 4.65. The number of ether oxygens (including phenoxy) is 4. The first-order valence-corrected chi connectivity index (χ1v) is 11.0. The minimum Gasteiger partial charge on any atom is -0.493 e. The number of carbonyl (C=O) groups is 3. The van der Waals surface area contributed by atoms with Crippen LogP contribution in [-0.4, -0.2) is 42.5 Å². The summed E-state index contributed by atoms with van der Waals surface area (Å²) in [6.07, 6.45) is 1.51. The molecule has 3 amide bonds. The fraction of sp³-hybridized carbons (Fsp3) is 0.190. The van der Waals surface area contributed by atoms with Crippen molar-refractivity contribution in [3.63, 3.8) is 0 Å². The van der Waals surface area contributed by atoms with Crippen LogP contribution in [0.5, 0.6) is 23.0 Å². The van der Waals surface area contributed by atoms with Crippen LogP contribution in [0.4, 0.5) is 4.79 Å². The number of hydrogen-bond acceptors (Lipinski definition) is 8. The van der Waals surface area contributed by atoms with E-state index in [1.807, 2.05) is 0 Å². The topological polar surface area (TPSA) is 117 Å². The summed E-state index contributed by atoms with van der Waals surface area (Å²) in [5.41, 5.74) is 6.14. The largest absolute Gasteiger partial charge is 0.493 e. The van der Waals surface area contributed by atoms with Crippen molar-refractivity contribution >= 4 is 58.1 Å². The highest BCUT2D eigenvalue weighted by Crippen LogP contribution is 2.41. The van der Waals surface area contributed by atoms with Crippen LogP contribution in [0.2, 0.25) is 10.0 Å². The normalized spacial score (nSPS) is 16.0. The van der Waals surface area contributed by atoms with Crippen molar-refractivity contribution in [3.8, 4) is 23.0 Å². The lowest BCUT2D eigenvalue weighted by atomic mass is 10.1. The van der Waals surface area contributed by atoms with Crippen molar-refractivity contribution in [3.05, 3.63) is 50.3 Å². The number of halogens is 2. The van der Waals surface area contributed by atoms with Gasteiger partial charge in [-0.15, -0.1) is 0 Å². The SMILES string of the molecule is COc1cc(/C=C2\SC(=O)N(Cc3cc4c(cc3Cl)OCO4)C2=O)cc(Cl)c1OCC(N)=O. The number of fused-ring (bicyclic) bond motifs is 1. The lowest BCUT2D eigenvalue weighted by molar-refractivity contribution is -0.123. The number of nitrogens with zero attached hydrogens (tertiary/aromatic N) is 1. The lowest BCUT2D eigenvalue weighted by Crippen LogP contribution is -2.27. The van der Waals surface area contributed by atoms with Gasteiger partial charge in [0.15, 0.2) is 29.6 Å². The highest BCUT2D eigenvalue weighted by Gasteiger charge is 2.36. The Morgan fingerprint density at radius 2 is 1.91 bits per heavy atom.